The lowest BCUT2D eigenvalue weighted by Gasteiger charge is -2.02. The monoisotopic (exact) mass is 358 g/mol. The van der Waals surface area contributed by atoms with Crippen LogP contribution in [0.25, 0.3) is 10.2 Å². The smallest absolute Gasteiger partial charge is 0.279 e. The Bertz CT molecular complexity index is 988. The molecular weight excluding hydrogens is 344 g/mol. The number of hydrogen-bond acceptors (Lipinski definition) is 3. The van der Waals surface area contributed by atoms with Gasteiger partial charge in [-0.3, -0.25) is 4.79 Å². The first-order chi connectivity index (χ1) is 11.6. The van der Waals surface area contributed by atoms with Crippen molar-refractivity contribution >= 4 is 39.1 Å². The van der Waals surface area contributed by atoms with Gasteiger partial charge in [-0.2, -0.15) is 4.99 Å². The molecule has 1 amide bonds. The van der Waals surface area contributed by atoms with E-state index in [0.717, 1.165) is 16.0 Å². The highest BCUT2D eigenvalue weighted by Gasteiger charge is 2.09. The standard InChI is InChI=1S/C18H15ClN2O2S/c1-3-9-21-15-8-7-14(23-2)11-16(15)24-18(21)20-17(22)12-5-4-6-13(19)10-12/h3-8,10-11H,1,9H2,2H3. The van der Waals surface area contributed by atoms with Crippen molar-refractivity contribution in [2.24, 2.45) is 4.99 Å². The molecule has 122 valence electrons. The maximum atomic E-state index is 12.4. The molecule has 6 heteroatoms. The van der Waals surface area contributed by atoms with E-state index < -0.39 is 0 Å². The predicted octanol–water partition coefficient (Wildman–Crippen LogP) is 4.29. The first kappa shape index (κ1) is 16.5. The molecular formula is C18H15ClN2O2S. The number of nitrogens with zero attached hydrogens (tertiary/aromatic N) is 2. The fourth-order valence-corrected chi connectivity index (χ4v) is 3.60. The average Bonchev–Trinajstić information content (AvgIpc) is 2.91. The second kappa shape index (κ2) is 7.03. The van der Waals surface area contributed by atoms with Gasteiger partial charge in [-0.15, -0.1) is 6.58 Å². The fourth-order valence-electron chi connectivity index (χ4n) is 2.34. The summed E-state index contributed by atoms with van der Waals surface area (Å²) in [6, 6.07) is 12.5. The number of aromatic nitrogens is 1. The molecule has 4 nitrogen and oxygen atoms in total. The number of methoxy groups -OCH3 is 1. The van der Waals surface area contributed by atoms with E-state index in [9.17, 15) is 4.79 Å². The third-order valence-corrected chi connectivity index (χ3v) is 4.75. The van der Waals surface area contributed by atoms with Gasteiger partial charge in [0, 0.05) is 17.1 Å². The van der Waals surface area contributed by atoms with Crippen molar-refractivity contribution in [2.75, 3.05) is 7.11 Å². The third-order valence-electron chi connectivity index (χ3n) is 3.47. The van der Waals surface area contributed by atoms with Crippen LogP contribution in [0.5, 0.6) is 5.75 Å². The molecule has 3 rings (SSSR count). The number of carbonyl (C=O) groups excluding carboxylic acids is 1. The van der Waals surface area contributed by atoms with E-state index in [4.69, 9.17) is 16.3 Å². The van der Waals surface area contributed by atoms with Crippen LogP contribution in [0.4, 0.5) is 0 Å². The number of carbonyl (C=O) groups is 1. The molecule has 0 unspecified atom stereocenters. The van der Waals surface area contributed by atoms with Crippen LogP contribution in [0.2, 0.25) is 5.02 Å². The molecule has 0 radical (unpaired) electrons. The molecule has 0 saturated carbocycles. The Balaban J connectivity index is 2.14. The number of halogens is 1. The fraction of sp³-hybridized carbons (Fsp3) is 0.111. The molecule has 0 bridgehead atoms. The molecule has 1 aromatic heterocycles. The van der Waals surface area contributed by atoms with Gasteiger partial charge >= 0.3 is 0 Å². The van der Waals surface area contributed by atoms with E-state index in [-0.39, 0.29) is 5.91 Å². The minimum absolute atomic E-state index is 0.325. The van der Waals surface area contributed by atoms with Crippen LogP contribution < -0.4 is 9.54 Å². The van der Waals surface area contributed by atoms with Gasteiger partial charge in [0.25, 0.3) is 5.91 Å². The first-order valence-corrected chi connectivity index (χ1v) is 8.44. The maximum absolute atomic E-state index is 12.4. The van der Waals surface area contributed by atoms with Crippen molar-refractivity contribution < 1.29 is 9.53 Å². The van der Waals surface area contributed by atoms with E-state index >= 15 is 0 Å². The highest BCUT2D eigenvalue weighted by atomic mass is 35.5. The van der Waals surface area contributed by atoms with E-state index in [1.807, 2.05) is 22.8 Å². The van der Waals surface area contributed by atoms with Gasteiger partial charge in [-0.05, 0) is 36.4 Å². The number of benzene rings is 2. The van der Waals surface area contributed by atoms with Crippen molar-refractivity contribution in [1.29, 1.82) is 0 Å². The lowest BCUT2D eigenvalue weighted by molar-refractivity contribution is 0.0998. The molecule has 0 spiro atoms. The molecule has 0 aliphatic heterocycles. The van der Waals surface area contributed by atoms with Gasteiger partial charge in [-0.1, -0.05) is 35.1 Å². The minimum atomic E-state index is -0.325. The van der Waals surface area contributed by atoms with Crippen molar-refractivity contribution in [3.05, 3.63) is 70.5 Å². The summed E-state index contributed by atoms with van der Waals surface area (Å²) in [6.45, 7) is 4.34. The van der Waals surface area contributed by atoms with Gasteiger partial charge in [-0.25, -0.2) is 0 Å². The summed E-state index contributed by atoms with van der Waals surface area (Å²) in [5.74, 6) is 0.441. The summed E-state index contributed by atoms with van der Waals surface area (Å²) in [5, 5.41) is 0.510. The van der Waals surface area contributed by atoms with Crippen molar-refractivity contribution in [2.45, 2.75) is 6.54 Å². The number of rotatable bonds is 4. The predicted molar refractivity (Wildman–Crippen MR) is 97.9 cm³/mol. The minimum Gasteiger partial charge on any atom is -0.497 e. The van der Waals surface area contributed by atoms with Gasteiger partial charge in [0.2, 0.25) is 0 Å². The van der Waals surface area contributed by atoms with Crippen molar-refractivity contribution in [3.63, 3.8) is 0 Å². The number of ether oxygens (including phenoxy) is 1. The molecule has 2 aromatic carbocycles. The zero-order valence-corrected chi connectivity index (χ0v) is 14.6. The SMILES string of the molecule is C=CCn1c(=NC(=O)c2cccc(Cl)c2)sc2cc(OC)ccc21. The van der Waals surface area contributed by atoms with E-state index in [0.29, 0.717) is 21.9 Å². The Hall–Kier alpha value is -2.37. The van der Waals surface area contributed by atoms with Crippen molar-refractivity contribution in [3.8, 4) is 5.75 Å². The summed E-state index contributed by atoms with van der Waals surface area (Å²) < 4.78 is 8.21. The molecule has 0 aliphatic rings. The van der Waals surface area contributed by atoms with Crippen LogP contribution in [-0.4, -0.2) is 17.6 Å². The second-order valence-electron chi connectivity index (χ2n) is 5.04. The van der Waals surface area contributed by atoms with E-state index in [1.54, 1.807) is 37.5 Å². The van der Waals surface area contributed by atoms with Gasteiger partial charge in [0.05, 0.1) is 17.3 Å². The molecule has 0 aliphatic carbocycles. The van der Waals surface area contributed by atoms with Crippen LogP contribution in [0.1, 0.15) is 10.4 Å². The van der Waals surface area contributed by atoms with Crippen molar-refractivity contribution in [1.82, 2.24) is 4.57 Å². The topological polar surface area (TPSA) is 43.6 Å². The maximum Gasteiger partial charge on any atom is 0.279 e. The van der Waals surface area contributed by atoms with Crippen LogP contribution in [0.15, 0.2) is 60.1 Å². The van der Waals surface area contributed by atoms with Crippen LogP contribution in [0.3, 0.4) is 0 Å². The highest BCUT2D eigenvalue weighted by molar-refractivity contribution is 7.16. The lowest BCUT2D eigenvalue weighted by atomic mass is 10.2. The number of fused-ring (bicyclic) bond motifs is 1. The van der Waals surface area contributed by atoms with Crippen LogP contribution in [0, 0.1) is 0 Å². The van der Waals surface area contributed by atoms with Gasteiger partial charge < -0.3 is 9.30 Å². The number of amides is 1. The zero-order chi connectivity index (χ0) is 17.1. The largest absolute Gasteiger partial charge is 0.497 e. The number of hydrogen-bond donors (Lipinski definition) is 0. The first-order valence-electron chi connectivity index (χ1n) is 7.25. The Kier molecular flexibility index (Phi) is 4.83. The summed E-state index contributed by atoms with van der Waals surface area (Å²) in [6.07, 6.45) is 1.78. The zero-order valence-electron chi connectivity index (χ0n) is 13.0. The lowest BCUT2D eigenvalue weighted by Crippen LogP contribution is -2.16. The summed E-state index contributed by atoms with van der Waals surface area (Å²) in [7, 11) is 1.63. The Labute approximate surface area is 148 Å². The number of allylic oxidation sites excluding steroid dienone is 1. The average molecular weight is 359 g/mol. The Morgan fingerprint density at radius 1 is 1.38 bits per heavy atom. The van der Waals surface area contributed by atoms with Crippen LogP contribution in [-0.2, 0) is 6.54 Å². The molecule has 0 N–H and O–H groups in total. The highest BCUT2D eigenvalue weighted by Crippen LogP contribution is 2.23. The molecule has 0 fully saturated rings. The second-order valence-corrected chi connectivity index (χ2v) is 6.49. The van der Waals surface area contributed by atoms with E-state index in [2.05, 4.69) is 11.6 Å². The molecule has 0 atom stereocenters. The Morgan fingerprint density at radius 3 is 2.92 bits per heavy atom. The molecule has 3 aromatic rings. The molecule has 1 heterocycles. The van der Waals surface area contributed by atoms with E-state index in [1.165, 1.54) is 11.3 Å². The summed E-state index contributed by atoms with van der Waals surface area (Å²) in [5.41, 5.74) is 1.45. The number of thiazole rings is 1. The van der Waals surface area contributed by atoms with Gasteiger partial charge in [0.1, 0.15) is 5.75 Å². The third kappa shape index (κ3) is 3.27. The van der Waals surface area contributed by atoms with Gasteiger partial charge in [0.15, 0.2) is 4.80 Å². The summed E-state index contributed by atoms with van der Waals surface area (Å²) >= 11 is 7.38. The normalized spacial score (nSPS) is 11.7. The summed E-state index contributed by atoms with van der Waals surface area (Å²) in [4.78, 5) is 17.3. The molecule has 0 saturated heterocycles. The quantitative estimate of drug-likeness (QED) is 0.653. The Morgan fingerprint density at radius 2 is 2.21 bits per heavy atom. The van der Waals surface area contributed by atoms with Crippen LogP contribution >= 0.6 is 22.9 Å². The molecule has 24 heavy (non-hydrogen) atoms.